The van der Waals surface area contributed by atoms with Crippen LogP contribution in [0.4, 0.5) is 9.93 Å². The summed E-state index contributed by atoms with van der Waals surface area (Å²) in [5.74, 6) is -1.19. The SMILES string of the molecule is O=C(O)CCCCCNC(=O)c1csc(NC(=O)OCC2c3ccccc3-c3ccccc32)n1. The van der Waals surface area contributed by atoms with Crippen molar-refractivity contribution in [3.63, 3.8) is 0 Å². The Morgan fingerprint density at radius 2 is 1.65 bits per heavy atom. The minimum Gasteiger partial charge on any atom is -0.481 e. The number of ether oxygens (including phenoxy) is 1. The van der Waals surface area contributed by atoms with Crippen LogP contribution in [0, 0.1) is 0 Å². The van der Waals surface area contributed by atoms with Crippen molar-refractivity contribution in [3.8, 4) is 11.1 Å². The van der Waals surface area contributed by atoms with Gasteiger partial charge in [0.25, 0.3) is 5.91 Å². The summed E-state index contributed by atoms with van der Waals surface area (Å²) in [7, 11) is 0. The van der Waals surface area contributed by atoms with Crippen molar-refractivity contribution in [1.82, 2.24) is 10.3 Å². The molecule has 1 aliphatic rings. The fourth-order valence-electron chi connectivity index (χ4n) is 4.03. The second-order valence-electron chi connectivity index (χ2n) is 7.95. The average molecular weight is 480 g/mol. The normalized spacial score (nSPS) is 12.0. The number of carbonyl (C=O) groups excluding carboxylic acids is 2. The molecule has 0 fully saturated rings. The molecule has 1 aliphatic carbocycles. The van der Waals surface area contributed by atoms with Gasteiger partial charge < -0.3 is 15.2 Å². The first kappa shape index (κ1) is 23.4. The maximum Gasteiger partial charge on any atom is 0.413 e. The van der Waals surface area contributed by atoms with Crippen molar-refractivity contribution in [2.75, 3.05) is 18.5 Å². The Morgan fingerprint density at radius 3 is 2.32 bits per heavy atom. The summed E-state index contributed by atoms with van der Waals surface area (Å²) in [5.41, 5.74) is 4.79. The zero-order valence-corrected chi connectivity index (χ0v) is 19.3. The summed E-state index contributed by atoms with van der Waals surface area (Å²) in [6, 6.07) is 16.2. The quantitative estimate of drug-likeness (QED) is 0.357. The van der Waals surface area contributed by atoms with Crippen molar-refractivity contribution in [1.29, 1.82) is 0 Å². The molecule has 0 spiro atoms. The zero-order chi connectivity index (χ0) is 23.9. The second kappa shape index (κ2) is 10.9. The molecule has 9 heteroatoms. The highest BCUT2D eigenvalue weighted by molar-refractivity contribution is 7.14. The molecule has 3 N–H and O–H groups in total. The molecule has 3 aromatic rings. The maximum absolute atomic E-state index is 12.4. The third-order valence-corrected chi connectivity index (χ3v) is 6.40. The molecule has 2 aromatic carbocycles. The van der Waals surface area contributed by atoms with E-state index in [4.69, 9.17) is 9.84 Å². The van der Waals surface area contributed by atoms with Gasteiger partial charge in [0.2, 0.25) is 0 Å². The van der Waals surface area contributed by atoms with Crippen molar-refractivity contribution in [2.45, 2.75) is 31.6 Å². The van der Waals surface area contributed by atoms with Gasteiger partial charge in [-0.2, -0.15) is 0 Å². The van der Waals surface area contributed by atoms with E-state index < -0.39 is 12.1 Å². The Balaban J connectivity index is 1.25. The first-order valence-corrected chi connectivity index (χ1v) is 12.0. The summed E-state index contributed by atoms with van der Waals surface area (Å²) < 4.78 is 5.51. The molecule has 4 rings (SSSR count). The van der Waals surface area contributed by atoms with Gasteiger partial charge in [-0.3, -0.25) is 14.9 Å². The van der Waals surface area contributed by atoms with E-state index in [9.17, 15) is 14.4 Å². The molecule has 2 amide bonds. The first-order chi connectivity index (χ1) is 16.5. The second-order valence-corrected chi connectivity index (χ2v) is 8.81. The van der Waals surface area contributed by atoms with Crippen LogP contribution in [0.2, 0.25) is 0 Å². The zero-order valence-electron chi connectivity index (χ0n) is 18.5. The summed E-state index contributed by atoms with van der Waals surface area (Å²) in [4.78, 5) is 39.2. The Morgan fingerprint density at radius 1 is 0.971 bits per heavy atom. The Hall–Kier alpha value is -3.72. The minimum absolute atomic E-state index is 0.0358. The van der Waals surface area contributed by atoms with E-state index in [0.29, 0.717) is 19.4 Å². The van der Waals surface area contributed by atoms with E-state index in [1.54, 1.807) is 5.38 Å². The van der Waals surface area contributed by atoms with Crippen molar-refractivity contribution < 1.29 is 24.2 Å². The molecule has 0 saturated carbocycles. The highest BCUT2D eigenvalue weighted by atomic mass is 32.1. The van der Waals surface area contributed by atoms with Crippen LogP contribution in [0.15, 0.2) is 53.9 Å². The predicted octanol–water partition coefficient (Wildman–Crippen LogP) is 4.88. The molecule has 0 saturated heterocycles. The highest BCUT2D eigenvalue weighted by Gasteiger charge is 2.29. The molecule has 0 aliphatic heterocycles. The third-order valence-electron chi connectivity index (χ3n) is 5.64. The summed E-state index contributed by atoms with van der Waals surface area (Å²) in [6.07, 6.45) is 1.49. The fourth-order valence-corrected chi connectivity index (χ4v) is 4.70. The molecule has 176 valence electrons. The number of carboxylic acid groups (broad SMARTS) is 1. The van der Waals surface area contributed by atoms with E-state index in [2.05, 4.69) is 39.9 Å². The monoisotopic (exact) mass is 479 g/mol. The van der Waals surface area contributed by atoms with Crippen molar-refractivity contribution >= 4 is 34.4 Å². The summed E-state index contributed by atoms with van der Waals surface area (Å²) in [6.45, 7) is 0.631. The Bertz CT molecular complexity index is 1150. The van der Waals surface area contributed by atoms with Gasteiger partial charge in [-0.1, -0.05) is 55.0 Å². The highest BCUT2D eigenvalue weighted by Crippen LogP contribution is 2.44. The molecule has 1 heterocycles. The number of nitrogens with zero attached hydrogens (tertiary/aromatic N) is 1. The van der Waals surface area contributed by atoms with Crippen LogP contribution in [0.3, 0.4) is 0 Å². The summed E-state index contributed by atoms with van der Waals surface area (Å²) >= 11 is 1.14. The molecular formula is C25H25N3O5S. The van der Waals surface area contributed by atoms with E-state index in [0.717, 1.165) is 40.0 Å². The largest absolute Gasteiger partial charge is 0.481 e. The van der Waals surface area contributed by atoms with Gasteiger partial charge in [0.1, 0.15) is 12.3 Å². The van der Waals surface area contributed by atoms with E-state index in [1.165, 1.54) is 0 Å². The van der Waals surface area contributed by atoms with Gasteiger partial charge in [-0.25, -0.2) is 9.78 Å². The Kier molecular flexibility index (Phi) is 7.54. The van der Waals surface area contributed by atoms with Crippen LogP contribution in [0.1, 0.15) is 53.2 Å². The van der Waals surface area contributed by atoms with Gasteiger partial charge in [0.15, 0.2) is 5.13 Å². The van der Waals surface area contributed by atoms with Gasteiger partial charge in [0, 0.05) is 24.3 Å². The molecular weight excluding hydrogens is 454 g/mol. The van der Waals surface area contributed by atoms with E-state index in [-0.39, 0.29) is 35.7 Å². The number of rotatable bonds is 10. The number of unbranched alkanes of at least 4 members (excludes halogenated alkanes) is 2. The molecule has 0 unspecified atom stereocenters. The van der Waals surface area contributed by atoms with Crippen LogP contribution in [-0.4, -0.2) is 41.2 Å². The van der Waals surface area contributed by atoms with Gasteiger partial charge in [-0.05, 0) is 35.1 Å². The number of aliphatic carboxylic acids is 1. The van der Waals surface area contributed by atoms with E-state index >= 15 is 0 Å². The molecule has 34 heavy (non-hydrogen) atoms. The van der Waals surface area contributed by atoms with Gasteiger partial charge >= 0.3 is 12.1 Å². The lowest BCUT2D eigenvalue weighted by molar-refractivity contribution is -0.137. The Labute approximate surface area is 201 Å². The van der Waals surface area contributed by atoms with Gasteiger partial charge in [-0.15, -0.1) is 11.3 Å². The number of aromatic nitrogens is 1. The van der Waals surface area contributed by atoms with E-state index in [1.807, 2.05) is 24.3 Å². The molecule has 8 nitrogen and oxygen atoms in total. The topological polar surface area (TPSA) is 118 Å². The lowest BCUT2D eigenvalue weighted by Crippen LogP contribution is -2.25. The fraction of sp³-hybridized carbons (Fsp3) is 0.280. The number of fused-ring (bicyclic) bond motifs is 3. The van der Waals surface area contributed by atoms with Crippen LogP contribution >= 0.6 is 11.3 Å². The number of hydrogen-bond donors (Lipinski definition) is 3. The predicted molar refractivity (Wildman–Crippen MR) is 129 cm³/mol. The first-order valence-electron chi connectivity index (χ1n) is 11.1. The lowest BCUT2D eigenvalue weighted by Gasteiger charge is -2.14. The number of benzene rings is 2. The molecule has 1 aromatic heterocycles. The number of thiazole rings is 1. The number of hydrogen-bond acceptors (Lipinski definition) is 6. The van der Waals surface area contributed by atoms with Crippen LogP contribution in [0.25, 0.3) is 11.1 Å². The standard InChI is InChI=1S/C25H25N3O5S/c29-22(30)12-2-1-7-13-26-23(31)21-15-34-24(27-21)28-25(32)33-14-20-18-10-5-3-8-16(18)17-9-4-6-11-19(17)20/h3-6,8-11,15,20H,1-2,7,12-14H2,(H,26,31)(H,29,30)(H,27,28,32). The van der Waals surface area contributed by atoms with Crippen molar-refractivity contribution in [2.24, 2.45) is 0 Å². The van der Waals surface area contributed by atoms with Crippen LogP contribution < -0.4 is 10.6 Å². The van der Waals surface area contributed by atoms with Gasteiger partial charge in [0.05, 0.1) is 0 Å². The molecule has 0 atom stereocenters. The number of carbonyl (C=O) groups is 3. The average Bonchev–Trinajstić information content (AvgIpc) is 3.42. The smallest absolute Gasteiger partial charge is 0.413 e. The van der Waals surface area contributed by atoms with Crippen molar-refractivity contribution in [3.05, 3.63) is 70.7 Å². The minimum atomic E-state index is -0.817. The maximum atomic E-state index is 12.4. The molecule has 0 radical (unpaired) electrons. The lowest BCUT2D eigenvalue weighted by atomic mass is 9.98. The third kappa shape index (κ3) is 5.60. The number of carboxylic acids is 1. The summed E-state index contributed by atoms with van der Waals surface area (Å²) in [5, 5.41) is 15.8. The number of nitrogens with one attached hydrogen (secondary N) is 2. The van der Waals surface area contributed by atoms with Crippen LogP contribution in [-0.2, 0) is 9.53 Å². The number of anilines is 1. The number of amides is 2. The van der Waals surface area contributed by atoms with Crippen LogP contribution in [0.5, 0.6) is 0 Å². The molecule has 0 bridgehead atoms.